The molecule has 0 saturated heterocycles. The van der Waals surface area contributed by atoms with Gasteiger partial charge in [-0.2, -0.15) is 18.3 Å². The highest BCUT2D eigenvalue weighted by atomic mass is 35.5. The van der Waals surface area contributed by atoms with Crippen LogP contribution < -0.4 is 5.32 Å². The second kappa shape index (κ2) is 9.64. The summed E-state index contributed by atoms with van der Waals surface area (Å²) in [5.41, 5.74) is -0.225. The van der Waals surface area contributed by atoms with Crippen LogP contribution in [0.25, 0.3) is 5.57 Å². The maximum Gasteiger partial charge on any atom is 0.437 e. The molecule has 1 aliphatic heterocycles. The molecule has 4 rings (SSSR count). The van der Waals surface area contributed by atoms with E-state index in [0.717, 1.165) is 10.9 Å². The van der Waals surface area contributed by atoms with E-state index in [0.29, 0.717) is 16.8 Å². The van der Waals surface area contributed by atoms with E-state index in [-0.39, 0.29) is 16.7 Å². The standard InChI is InChI=1S/C22H19ClF4N6O2/c1-32-10-17(20(31-32)22(25,26)27)30-21-28-6-4-16(29-21)12-5-7-33(19(35)9-12)18(11-34)13-2-3-14(23)15(24)8-13/h2-10,18-19,34-35H,11H2,1H3,(H,28,29,30)/t18-,19?/m1/s1. The lowest BCUT2D eigenvalue weighted by molar-refractivity contribution is -0.140. The van der Waals surface area contributed by atoms with E-state index in [4.69, 9.17) is 11.6 Å². The minimum absolute atomic E-state index is 0.0656. The molecule has 1 unspecified atom stereocenters. The lowest BCUT2D eigenvalue weighted by Crippen LogP contribution is -2.36. The van der Waals surface area contributed by atoms with Crippen molar-refractivity contribution in [2.45, 2.75) is 18.4 Å². The van der Waals surface area contributed by atoms with Crippen LogP contribution >= 0.6 is 11.6 Å². The third kappa shape index (κ3) is 5.29. The van der Waals surface area contributed by atoms with Gasteiger partial charge in [-0.05, 0) is 35.9 Å². The van der Waals surface area contributed by atoms with Gasteiger partial charge in [0.05, 0.1) is 29.1 Å². The third-order valence-electron chi connectivity index (χ3n) is 5.22. The number of hydrogen-bond donors (Lipinski definition) is 3. The van der Waals surface area contributed by atoms with E-state index in [9.17, 15) is 27.8 Å². The van der Waals surface area contributed by atoms with Gasteiger partial charge in [0.2, 0.25) is 5.95 Å². The van der Waals surface area contributed by atoms with E-state index >= 15 is 0 Å². The molecule has 0 aliphatic carbocycles. The highest BCUT2D eigenvalue weighted by molar-refractivity contribution is 6.30. The van der Waals surface area contributed by atoms with Gasteiger partial charge in [-0.15, -0.1) is 0 Å². The summed E-state index contributed by atoms with van der Waals surface area (Å²) in [5.74, 6) is -0.755. The van der Waals surface area contributed by atoms with E-state index in [1.54, 1.807) is 12.1 Å². The Morgan fingerprint density at radius 3 is 2.69 bits per heavy atom. The number of aliphatic hydroxyl groups is 2. The molecule has 35 heavy (non-hydrogen) atoms. The van der Waals surface area contributed by atoms with Gasteiger partial charge in [0, 0.05) is 31.2 Å². The first-order valence-corrected chi connectivity index (χ1v) is 10.6. The molecule has 13 heteroatoms. The number of halogens is 5. The van der Waals surface area contributed by atoms with Gasteiger partial charge in [0.1, 0.15) is 12.0 Å². The largest absolute Gasteiger partial charge is 0.437 e. The number of anilines is 2. The number of aliphatic hydroxyl groups excluding tert-OH is 2. The highest BCUT2D eigenvalue weighted by Gasteiger charge is 2.37. The van der Waals surface area contributed by atoms with E-state index in [1.807, 2.05) is 0 Å². The quantitative estimate of drug-likeness (QED) is 0.431. The summed E-state index contributed by atoms with van der Waals surface area (Å²) in [5, 5.41) is 26.5. The van der Waals surface area contributed by atoms with Gasteiger partial charge in [0.25, 0.3) is 0 Å². The Bertz CT molecular complexity index is 1290. The van der Waals surface area contributed by atoms with Crippen LogP contribution in [0.2, 0.25) is 5.02 Å². The Morgan fingerprint density at radius 2 is 2.03 bits per heavy atom. The van der Waals surface area contributed by atoms with Crippen molar-refractivity contribution in [1.29, 1.82) is 0 Å². The molecule has 2 atom stereocenters. The van der Waals surface area contributed by atoms with Crippen LogP contribution in [0.4, 0.5) is 29.2 Å². The Labute approximate surface area is 201 Å². The van der Waals surface area contributed by atoms with Crippen molar-refractivity contribution in [1.82, 2.24) is 24.6 Å². The molecule has 2 aromatic heterocycles. The lowest BCUT2D eigenvalue weighted by atomic mass is 10.0. The lowest BCUT2D eigenvalue weighted by Gasteiger charge is -2.35. The SMILES string of the molecule is Cn1cc(Nc2nccc(C3=CC(O)N([C@H](CO)c4ccc(Cl)c(F)c4)C=C3)n2)c(C(F)(F)F)n1. The van der Waals surface area contributed by atoms with Crippen LogP contribution in [0.5, 0.6) is 0 Å². The smallest absolute Gasteiger partial charge is 0.394 e. The number of rotatable bonds is 6. The topological polar surface area (TPSA) is 99.3 Å². The van der Waals surface area contributed by atoms with Crippen molar-refractivity contribution in [3.63, 3.8) is 0 Å². The minimum Gasteiger partial charge on any atom is -0.394 e. The van der Waals surface area contributed by atoms with E-state index < -0.39 is 36.6 Å². The molecule has 1 aromatic carbocycles. The second-order valence-electron chi connectivity index (χ2n) is 7.62. The van der Waals surface area contributed by atoms with Gasteiger partial charge in [-0.1, -0.05) is 17.7 Å². The number of benzene rings is 1. The van der Waals surface area contributed by atoms with Crippen LogP contribution in [0.15, 0.2) is 55.0 Å². The molecule has 0 saturated carbocycles. The molecular weight excluding hydrogens is 492 g/mol. The number of aryl methyl sites for hydroxylation is 1. The monoisotopic (exact) mass is 510 g/mol. The molecule has 1 aliphatic rings. The van der Waals surface area contributed by atoms with Gasteiger partial charge >= 0.3 is 6.18 Å². The van der Waals surface area contributed by atoms with Crippen molar-refractivity contribution in [2.75, 3.05) is 11.9 Å². The van der Waals surface area contributed by atoms with Crippen molar-refractivity contribution in [2.24, 2.45) is 7.05 Å². The van der Waals surface area contributed by atoms with Crippen LogP contribution in [-0.2, 0) is 13.2 Å². The van der Waals surface area contributed by atoms with Crippen LogP contribution in [0.3, 0.4) is 0 Å². The first-order valence-electron chi connectivity index (χ1n) is 10.2. The molecule has 0 fully saturated rings. The number of alkyl halides is 3. The maximum absolute atomic E-state index is 13.9. The van der Waals surface area contributed by atoms with E-state index in [2.05, 4.69) is 20.4 Å². The fourth-order valence-corrected chi connectivity index (χ4v) is 3.71. The van der Waals surface area contributed by atoms with Crippen LogP contribution in [0.1, 0.15) is 23.0 Å². The minimum atomic E-state index is -4.67. The zero-order chi connectivity index (χ0) is 25.3. The average Bonchev–Trinajstić information content (AvgIpc) is 3.18. The predicted octanol–water partition coefficient (Wildman–Crippen LogP) is 4.03. The molecule has 0 radical (unpaired) electrons. The summed E-state index contributed by atoms with van der Waals surface area (Å²) in [6.45, 7) is -0.417. The summed E-state index contributed by atoms with van der Waals surface area (Å²) >= 11 is 5.72. The first kappa shape index (κ1) is 24.6. The van der Waals surface area contributed by atoms with E-state index in [1.165, 1.54) is 48.6 Å². The summed E-state index contributed by atoms with van der Waals surface area (Å²) in [7, 11) is 1.36. The Morgan fingerprint density at radius 1 is 1.26 bits per heavy atom. The summed E-state index contributed by atoms with van der Waals surface area (Å²) in [6, 6.07) is 4.84. The summed E-state index contributed by atoms with van der Waals surface area (Å²) in [4.78, 5) is 9.62. The van der Waals surface area contributed by atoms with Crippen molar-refractivity contribution < 1.29 is 27.8 Å². The third-order valence-corrected chi connectivity index (χ3v) is 5.52. The van der Waals surface area contributed by atoms with Gasteiger partial charge < -0.3 is 20.4 Å². The fraction of sp³-hybridized carbons (Fsp3) is 0.227. The van der Waals surface area contributed by atoms with Crippen molar-refractivity contribution in [3.8, 4) is 0 Å². The van der Waals surface area contributed by atoms with Crippen molar-refractivity contribution in [3.05, 3.63) is 82.8 Å². The molecule has 3 aromatic rings. The Kier molecular flexibility index (Phi) is 6.79. The predicted molar refractivity (Wildman–Crippen MR) is 120 cm³/mol. The molecule has 3 heterocycles. The van der Waals surface area contributed by atoms with Crippen LogP contribution in [-0.4, -0.2) is 47.7 Å². The molecule has 0 amide bonds. The molecular formula is C22H19ClF4N6O2. The molecule has 184 valence electrons. The second-order valence-corrected chi connectivity index (χ2v) is 8.03. The molecule has 8 nitrogen and oxygen atoms in total. The summed E-state index contributed by atoms with van der Waals surface area (Å²) < 4.78 is 54.6. The number of aromatic nitrogens is 4. The maximum atomic E-state index is 13.9. The Balaban J connectivity index is 1.56. The average molecular weight is 511 g/mol. The molecule has 0 spiro atoms. The number of nitrogens with one attached hydrogen (secondary N) is 1. The normalized spacial score (nSPS) is 16.9. The number of allylic oxidation sites excluding steroid dienone is 2. The fourth-order valence-electron chi connectivity index (χ4n) is 3.60. The molecule has 3 N–H and O–H groups in total. The number of hydrogen-bond acceptors (Lipinski definition) is 7. The highest BCUT2D eigenvalue weighted by Crippen LogP contribution is 2.35. The van der Waals surface area contributed by atoms with Gasteiger partial charge in [-0.25, -0.2) is 14.4 Å². The van der Waals surface area contributed by atoms with Gasteiger partial charge in [-0.3, -0.25) is 4.68 Å². The number of nitrogens with zero attached hydrogens (tertiary/aromatic N) is 5. The van der Waals surface area contributed by atoms with Crippen LogP contribution in [0, 0.1) is 5.82 Å². The van der Waals surface area contributed by atoms with Crippen molar-refractivity contribution >= 4 is 28.8 Å². The molecule has 0 bridgehead atoms. The Hall–Kier alpha value is -3.48. The zero-order valence-electron chi connectivity index (χ0n) is 18.1. The zero-order valence-corrected chi connectivity index (χ0v) is 18.8. The first-order chi connectivity index (χ1) is 16.6. The summed E-state index contributed by atoms with van der Waals surface area (Å²) in [6.07, 6.45) is 1.17. The van der Waals surface area contributed by atoms with Gasteiger partial charge in [0.15, 0.2) is 5.69 Å².